The average Bonchev–Trinajstić information content (AvgIpc) is 3.16. The minimum absolute atomic E-state index is 0. The molecule has 0 bridgehead atoms. The van der Waals surface area contributed by atoms with Crippen molar-refractivity contribution in [3.05, 3.63) is 23.4 Å². The van der Waals surface area contributed by atoms with Crippen molar-refractivity contribution in [2.75, 3.05) is 12.9 Å². The lowest BCUT2D eigenvalue weighted by molar-refractivity contribution is 0.587. The summed E-state index contributed by atoms with van der Waals surface area (Å²) in [6.07, 6.45) is 4.11. The van der Waals surface area contributed by atoms with Crippen LogP contribution in [0.15, 0.2) is 22.0 Å². The molecule has 0 spiro atoms. The van der Waals surface area contributed by atoms with Crippen molar-refractivity contribution < 1.29 is 17.5 Å². The van der Waals surface area contributed by atoms with Gasteiger partial charge in [-0.3, -0.25) is 14.1 Å². The fraction of sp³-hybridized carbons (Fsp3) is 0.471. The first-order valence-electron chi connectivity index (χ1n) is 8.09. The van der Waals surface area contributed by atoms with Crippen LogP contribution in [-0.4, -0.2) is 47.2 Å². The fourth-order valence-corrected chi connectivity index (χ4v) is 3.64. The first-order chi connectivity index (χ1) is 12.3. The zero-order chi connectivity index (χ0) is 20.1. The second-order valence-corrected chi connectivity index (χ2v) is 7.72. The first-order valence-corrected chi connectivity index (χ1v) is 9.74. The molecule has 2 heterocycles. The SMILES string of the molecule is C=N/C(=C\c1nc(-c2ncn(C)c2S(=O)(=O)CC)n(C)c1C)CC.CF.F. The van der Waals surface area contributed by atoms with Gasteiger partial charge in [-0.2, -0.15) is 0 Å². The summed E-state index contributed by atoms with van der Waals surface area (Å²) in [4.78, 5) is 12.8. The molecule has 27 heavy (non-hydrogen) atoms. The Kier molecular flexibility index (Phi) is 9.22. The molecule has 0 aromatic carbocycles. The Labute approximate surface area is 159 Å². The summed E-state index contributed by atoms with van der Waals surface area (Å²) in [7, 11) is 0.605. The molecule has 0 N–H and O–H groups in total. The highest BCUT2D eigenvalue weighted by Crippen LogP contribution is 2.28. The van der Waals surface area contributed by atoms with Crippen LogP contribution < -0.4 is 0 Å². The molecule has 0 aliphatic rings. The second kappa shape index (κ2) is 10.1. The van der Waals surface area contributed by atoms with E-state index in [1.807, 2.05) is 31.5 Å². The van der Waals surface area contributed by atoms with E-state index < -0.39 is 9.84 Å². The van der Waals surface area contributed by atoms with Gasteiger partial charge in [0, 0.05) is 25.5 Å². The average molecular weight is 403 g/mol. The quantitative estimate of drug-likeness (QED) is 0.694. The third kappa shape index (κ3) is 4.88. The largest absolute Gasteiger partial charge is 0.329 e. The summed E-state index contributed by atoms with van der Waals surface area (Å²) < 4.78 is 37.7. The standard InChI is InChI=1S/C16H23N5O2S.CH3F.FH/c1-7-12(17-4)9-13-11(3)21(6)15(19-13)14-16(20(5)10-18-14)24(22,23)8-2;1-2;/h9-10H,4,7-8H2,1-3,5-6H3;1H3;1H/b12-9-;;. The fourth-order valence-electron chi connectivity index (χ4n) is 2.44. The van der Waals surface area contributed by atoms with E-state index in [-0.39, 0.29) is 15.5 Å². The van der Waals surface area contributed by atoms with E-state index in [0.717, 1.165) is 23.5 Å². The molecule has 10 heteroatoms. The van der Waals surface area contributed by atoms with Crippen molar-refractivity contribution in [2.24, 2.45) is 19.1 Å². The summed E-state index contributed by atoms with van der Waals surface area (Å²) in [5, 5.41) is 0.186. The van der Waals surface area contributed by atoms with E-state index in [0.29, 0.717) is 18.7 Å². The third-order valence-electron chi connectivity index (χ3n) is 4.06. The molecule has 0 aliphatic carbocycles. The lowest BCUT2D eigenvalue weighted by Gasteiger charge is -2.06. The number of aliphatic imine (C=N–C) groups is 1. The van der Waals surface area contributed by atoms with E-state index in [1.165, 1.54) is 10.9 Å². The number of imidazole rings is 2. The maximum Gasteiger partial charge on any atom is 0.195 e. The van der Waals surface area contributed by atoms with Gasteiger partial charge in [-0.25, -0.2) is 18.4 Å². The molecule has 2 aromatic heterocycles. The minimum atomic E-state index is -3.41. The van der Waals surface area contributed by atoms with Crippen LogP contribution in [0, 0.1) is 6.92 Å². The molecule has 0 saturated carbocycles. The number of hydrogen-bond donors (Lipinski definition) is 0. The van der Waals surface area contributed by atoms with Gasteiger partial charge in [0.25, 0.3) is 0 Å². The normalized spacial score (nSPS) is 11.4. The number of aromatic nitrogens is 4. The number of alkyl halides is 1. The second-order valence-electron chi connectivity index (χ2n) is 5.53. The summed E-state index contributed by atoms with van der Waals surface area (Å²) in [6.45, 7) is 9.09. The van der Waals surface area contributed by atoms with Crippen LogP contribution in [0.25, 0.3) is 17.6 Å². The highest BCUT2D eigenvalue weighted by Gasteiger charge is 2.26. The maximum absolute atomic E-state index is 12.4. The van der Waals surface area contributed by atoms with Crippen molar-refractivity contribution >= 4 is 22.6 Å². The molecule has 0 fully saturated rings. The summed E-state index contributed by atoms with van der Waals surface area (Å²) >= 11 is 0. The Bertz CT molecular complexity index is 914. The van der Waals surface area contributed by atoms with Crippen LogP contribution in [0.2, 0.25) is 0 Å². The number of rotatable bonds is 6. The molecule has 0 saturated heterocycles. The van der Waals surface area contributed by atoms with Crippen molar-refractivity contribution in [3.8, 4) is 11.5 Å². The highest BCUT2D eigenvalue weighted by molar-refractivity contribution is 7.91. The number of sulfone groups is 1. The molecule has 0 aliphatic heterocycles. The lowest BCUT2D eigenvalue weighted by Crippen LogP contribution is -2.11. The van der Waals surface area contributed by atoms with Crippen molar-refractivity contribution in [1.82, 2.24) is 19.1 Å². The van der Waals surface area contributed by atoms with Crippen molar-refractivity contribution in [3.63, 3.8) is 0 Å². The topological polar surface area (TPSA) is 82.1 Å². The summed E-state index contributed by atoms with van der Waals surface area (Å²) in [6, 6.07) is 0. The number of allylic oxidation sites excluding steroid dienone is 1. The smallest absolute Gasteiger partial charge is 0.195 e. The molecule has 2 aromatic rings. The third-order valence-corrected chi connectivity index (χ3v) is 5.89. The van der Waals surface area contributed by atoms with Crippen LogP contribution in [-0.2, 0) is 23.9 Å². The van der Waals surface area contributed by atoms with E-state index in [9.17, 15) is 12.8 Å². The predicted octanol–water partition coefficient (Wildman–Crippen LogP) is 3.11. The molecular formula is C17H27F2N5O2S. The molecule has 7 nitrogen and oxygen atoms in total. The van der Waals surface area contributed by atoms with Crippen molar-refractivity contribution in [1.29, 1.82) is 0 Å². The van der Waals surface area contributed by atoms with Gasteiger partial charge >= 0.3 is 0 Å². The first kappa shape index (κ1) is 24.6. The Morgan fingerprint density at radius 3 is 2.41 bits per heavy atom. The Morgan fingerprint density at radius 1 is 1.33 bits per heavy atom. The highest BCUT2D eigenvalue weighted by atomic mass is 32.2. The Balaban J connectivity index is 0.00000218. The summed E-state index contributed by atoms with van der Waals surface area (Å²) in [5.74, 6) is 0.529. The van der Waals surface area contributed by atoms with Gasteiger partial charge in [0.05, 0.1) is 25.0 Å². The molecule has 0 radical (unpaired) electrons. The Hall–Kier alpha value is -2.36. The van der Waals surface area contributed by atoms with Gasteiger partial charge in [0.1, 0.15) is 5.69 Å². The number of nitrogens with zero attached hydrogens (tertiary/aromatic N) is 5. The van der Waals surface area contributed by atoms with Gasteiger partial charge in [-0.15, -0.1) is 0 Å². The molecular weight excluding hydrogens is 376 g/mol. The van der Waals surface area contributed by atoms with Crippen LogP contribution in [0.3, 0.4) is 0 Å². The van der Waals surface area contributed by atoms with Crippen molar-refractivity contribution in [2.45, 2.75) is 32.2 Å². The maximum atomic E-state index is 12.4. The lowest BCUT2D eigenvalue weighted by atomic mass is 10.2. The van der Waals surface area contributed by atoms with Crippen LogP contribution in [0.4, 0.5) is 9.09 Å². The van der Waals surface area contributed by atoms with Crippen LogP contribution in [0.1, 0.15) is 31.7 Å². The molecule has 0 unspecified atom stereocenters. The van der Waals surface area contributed by atoms with E-state index in [4.69, 9.17) is 0 Å². The zero-order valence-electron chi connectivity index (χ0n) is 16.5. The van der Waals surface area contributed by atoms with E-state index in [2.05, 4.69) is 21.7 Å². The van der Waals surface area contributed by atoms with Gasteiger partial charge in [0.15, 0.2) is 20.7 Å². The monoisotopic (exact) mass is 403 g/mol. The number of hydrogen-bond acceptors (Lipinski definition) is 5. The Morgan fingerprint density at radius 2 is 1.93 bits per heavy atom. The predicted molar refractivity (Wildman–Crippen MR) is 105 cm³/mol. The van der Waals surface area contributed by atoms with E-state index in [1.54, 1.807) is 14.0 Å². The molecule has 0 amide bonds. The number of halogens is 2. The number of aryl methyl sites for hydroxylation is 1. The van der Waals surface area contributed by atoms with Gasteiger partial charge < -0.3 is 9.13 Å². The zero-order valence-corrected chi connectivity index (χ0v) is 17.3. The summed E-state index contributed by atoms with van der Waals surface area (Å²) in [5.41, 5.74) is 2.84. The van der Waals surface area contributed by atoms with Crippen LogP contribution >= 0.6 is 0 Å². The molecule has 0 atom stereocenters. The van der Waals surface area contributed by atoms with Gasteiger partial charge in [-0.05, 0) is 26.1 Å². The van der Waals surface area contributed by atoms with Gasteiger partial charge in [0.2, 0.25) is 0 Å². The van der Waals surface area contributed by atoms with Gasteiger partial charge in [-0.1, -0.05) is 13.8 Å². The van der Waals surface area contributed by atoms with E-state index >= 15 is 0 Å². The minimum Gasteiger partial charge on any atom is -0.329 e. The molecule has 152 valence electrons. The van der Waals surface area contributed by atoms with Crippen LogP contribution in [0.5, 0.6) is 0 Å². The molecule has 2 rings (SSSR count).